The van der Waals surface area contributed by atoms with E-state index in [1.807, 2.05) is 0 Å². The number of hydrogen-bond donors (Lipinski definition) is 1. The normalized spacial score (nSPS) is 11.2. The van der Waals surface area contributed by atoms with Gasteiger partial charge in [-0.3, -0.25) is 20.2 Å². The van der Waals surface area contributed by atoms with Crippen molar-refractivity contribution < 1.29 is 66.7 Å². The smallest absolute Gasteiger partial charge is 0.299 e. The number of nitrogens with zero attached hydrogens (tertiary/aromatic N) is 2. The Morgan fingerprint density at radius 3 is 1.08 bits per heavy atom. The molecule has 300 valence electrons. The van der Waals surface area contributed by atoms with Gasteiger partial charge >= 0.3 is 0 Å². The standard InChI is InChI=1S/C33H57N3O16/c1-2-6-41-8-10-43-12-14-45-16-18-47-20-22-49-24-26-51-28-29-52-27-25-50-23-21-48-19-17-46-15-13-44-11-9-42-7-5-34-32-4-3-31(35(37)38)30-33(32)36(39)40/h2-4,30,34H,1,5-29H2. The Kier molecular flexibility index (Phi) is 33.0. The first-order valence-corrected chi connectivity index (χ1v) is 17.3. The molecule has 1 N–H and O–H groups in total. The number of nitro groups is 2. The van der Waals surface area contributed by atoms with Gasteiger partial charge in [-0.2, -0.15) is 0 Å². The Labute approximate surface area is 305 Å². The van der Waals surface area contributed by atoms with Crippen molar-refractivity contribution >= 4 is 17.1 Å². The van der Waals surface area contributed by atoms with Crippen LogP contribution in [0.2, 0.25) is 0 Å². The zero-order valence-electron chi connectivity index (χ0n) is 30.1. The lowest BCUT2D eigenvalue weighted by Gasteiger charge is -2.09. The topological polar surface area (TPSA) is 209 Å². The highest BCUT2D eigenvalue weighted by Gasteiger charge is 2.19. The van der Waals surface area contributed by atoms with Crippen molar-refractivity contribution in [2.75, 3.05) is 170 Å². The number of hydrogen-bond acceptors (Lipinski definition) is 17. The van der Waals surface area contributed by atoms with Crippen LogP contribution >= 0.6 is 0 Å². The number of nitro benzene ring substituents is 2. The minimum Gasteiger partial charge on any atom is -0.377 e. The van der Waals surface area contributed by atoms with E-state index < -0.39 is 9.85 Å². The van der Waals surface area contributed by atoms with E-state index in [0.29, 0.717) is 152 Å². The lowest BCUT2D eigenvalue weighted by Crippen LogP contribution is -2.16. The third-order valence-electron chi connectivity index (χ3n) is 6.28. The second-order valence-corrected chi connectivity index (χ2v) is 10.2. The van der Waals surface area contributed by atoms with Gasteiger partial charge in [0.05, 0.1) is 174 Å². The summed E-state index contributed by atoms with van der Waals surface area (Å²) in [6, 6.07) is 3.42. The van der Waals surface area contributed by atoms with E-state index in [0.717, 1.165) is 6.07 Å². The molecule has 52 heavy (non-hydrogen) atoms. The largest absolute Gasteiger partial charge is 0.377 e. The molecule has 1 aromatic carbocycles. The van der Waals surface area contributed by atoms with E-state index in [2.05, 4.69) is 11.9 Å². The highest BCUT2D eigenvalue weighted by molar-refractivity contribution is 5.65. The number of rotatable bonds is 41. The minimum atomic E-state index is -0.682. The molecule has 0 amide bonds. The second kappa shape index (κ2) is 36.4. The number of nitrogens with one attached hydrogen (secondary N) is 1. The number of ether oxygens (including phenoxy) is 12. The summed E-state index contributed by atoms with van der Waals surface area (Å²) in [5, 5.41) is 24.8. The maximum atomic E-state index is 11.1. The molecule has 0 aliphatic heterocycles. The molecule has 19 heteroatoms. The summed E-state index contributed by atoms with van der Waals surface area (Å²) in [4.78, 5) is 20.6. The Morgan fingerprint density at radius 1 is 0.481 bits per heavy atom. The Balaban J connectivity index is 1.70. The first-order chi connectivity index (χ1) is 25.6. The average Bonchev–Trinajstić information content (AvgIpc) is 3.14. The van der Waals surface area contributed by atoms with Gasteiger partial charge in [-0.1, -0.05) is 6.08 Å². The van der Waals surface area contributed by atoms with Gasteiger partial charge in [0.1, 0.15) is 5.69 Å². The minimum absolute atomic E-state index is 0.184. The second-order valence-electron chi connectivity index (χ2n) is 10.2. The lowest BCUT2D eigenvalue weighted by molar-refractivity contribution is -0.393. The van der Waals surface area contributed by atoms with Crippen molar-refractivity contribution in [2.45, 2.75) is 0 Å². The van der Waals surface area contributed by atoms with Crippen LogP contribution in [0.4, 0.5) is 17.1 Å². The molecule has 0 atom stereocenters. The predicted molar refractivity (Wildman–Crippen MR) is 188 cm³/mol. The molecule has 0 bridgehead atoms. The molecule has 0 fully saturated rings. The van der Waals surface area contributed by atoms with Gasteiger partial charge in [0.25, 0.3) is 11.4 Å². The van der Waals surface area contributed by atoms with E-state index >= 15 is 0 Å². The van der Waals surface area contributed by atoms with Crippen molar-refractivity contribution in [1.29, 1.82) is 0 Å². The van der Waals surface area contributed by atoms with Gasteiger partial charge in [0.15, 0.2) is 0 Å². The molecule has 1 rings (SSSR count). The van der Waals surface area contributed by atoms with Gasteiger partial charge in [-0.25, -0.2) is 0 Å². The van der Waals surface area contributed by atoms with Crippen LogP contribution in [0.5, 0.6) is 0 Å². The van der Waals surface area contributed by atoms with E-state index in [4.69, 9.17) is 56.8 Å². The summed E-state index contributed by atoms with van der Waals surface area (Å²) in [5.74, 6) is 0. The Hall–Kier alpha value is -2.92. The maximum Gasteiger partial charge on any atom is 0.299 e. The molecular weight excluding hydrogens is 694 g/mol. The average molecular weight is 752 g/mol. The first-order valence-electron chi connectivity index (χ1n) is 17.3. The van der Waals surface area contributed by atoms with Crippen molar-refractivity contribution in [3.05, 3.63) is 51.1 Å². The van der Waals surface area contributed by atoms with Gasteiger partial charge in [0, 0.05) is 12.6 Å². The lowest BCUT2D eigenvalue weighted by atomic mass is 10.2. The van der Waals surface area contributed by atoms with Crippen LogP contribution in [0.1, 0.15) is 0 Å². The van der Waals surface area contributed by atoms with Crippen LogP contribution < -0.4 is 5.32 Å². The van der Waals surface area contributed by atoms with Crippen LogP contribution in [0.15, 0.2) is 30.9 Å². The van der Waals surface area contributed by atoms with Crippen LogP contribution in [-0.4, -0.2) is 175 Å². The molecule has 19 nitrogen and oxygen atoms in total. The molecule has 1 aromatic rings. The third-order valence-corrected chi connectivity index (χ3v) is 6.28. The molecule has 0 heterocycles. The van der Waals surface area contributed by atoms with Crippen LogP contribution in [-0.2, 0) is 56.8 Å². The third kappa shape index (κ3) is 29.6. The molecule has 0 aliphatic carbocycles. The summed E-state index contributed by atoms with van der Waals surface area (Å²) in [5.41, 5.74) is -0.530. The fourth-order valence-electron chi connectivity index (χ4n) is 3.78. The summed E-state index contributed by atoms with van der Waals surface area (Å²) < 4.78 is 65.0. The van der Waals surface area contributed by atoms with E-state index in [1.54, 1.807) is 6.08 Å². The summed E-state index contributed by atoms with van der Waals surface area (Å²) in [6.07, 6.45) is 1.70. The molecule has 0 unspecified atom stereocenters. The zero-order chi connectivity index (χ0) is 37.6. The van der Waals surface area contributed by atoms with E-state index in [9.17, 15) is 20.2 Å². The van der Waals surface area contributed by atoms with Crippen molar-refractivity contribution in [3.63, 3.8) is 0 Å². The molecular formula is C33H57N3O16. The SMILES string of the molecule is C=CCOCCOCCOCCOCCOCCOCCOCCOCCOCCOCCOCCOCCNc1ccc([N+](=O)[O-])cc1[N+](=O)[O-]. The van der Waals surface area contributed by atoms with Crippen molar-refractivity contribution in [1.82, 2.24) is 0 Å². The maximum absolute atomic E-state index is 11.1. The van der Waals surface area contributed by atoms with E-state index in [-0.39, 0.29) is 30.2 Å². The van der Waals surface area contributed by atoms with Gasteiger partial charge in [0.2, 0.25) is 0 Å². The number of anilines is 1. The highest BCUT2D eigenvalue weighted by Crippen LogP contribution is 2.28. The van der Waals surface area contributed by atoms with Gasteiger partial charge in [-0.15, -0.1) is 6.58 Å². The number of non-ortho nitro benzene ring substituents is 1. The molecule has 0 spiro atoms. The van der Waals surface area contributed by atoms with Crippen LogP contribution in [0, 0.1) is 20.2 Å². The summed E-state index contributed by atoms with van der Waals surface area (Å²) in [6.45, 7) is 15.0. The molecule has 0 aliphatic rings. The zero-order valence-corrected chi connectivity index (χ0v) is 30.1. The van der Waals surface area contributed by atoms with Crippen LogP contribution in [0.3, 0.4) is 0 Å². The fourth-order valence-corrected chi connectivity index (χ4v) is 3.78. The molecule has 0 radical (unpaired) electrons. The predicted octanol–water partition coefficient (Wildman–Crippen LogP) is 2.30. The monoisotopic (exact) mass is 751 g/mol. The quantitative estimate of drug-likeness (QED) is 0.0440. The summed E-state index contributed by atoms with van der Waals surface area (Å²) in [7, 11) is 0. The molecule has 0 saturated carbocycles. The van der Waals surface area contributed by atoms with Crippen molar-refractivity contribution in [2.24, 2.45) is 0 Å². The molecule has 0 saturated heterocycles. The van der Waals surface area contributed by atoms with Crippen LogP contribution in [0.25, 0.3) is 0 Å². The number of benzene rings is 1. The van der Waals surface area contributed by atoms with Gasteiger partial charge < -0.3 is 62.2 Å². The fraction of sp³-hybridized carbons (Fsp3) is 0.758. The Bertz CT molecular complexity index is 1010. The van der Waals surface area contributed by atoms with E-state index in [1.165, 1.54) is 12.1 Å². The Morgan fingerprint density at radius 2 is 0.788 bits per heavy atom. The first kappa shape index (κ1) is 47.1. The highest BCUT2D eigenvalue weighted by atomic mass is 16.6. The van der Waals surface area contributed by atoms with Gasteiger partial charge in [-0.05, 0) is 6.07 Å². The summed E-state index contributed by atoms with van der Waals surface area (Å²) >= 11 is 0. The van der Waals surface area contributed by atoms with Crippen molar-refractivity contribution in [3.8, 4) is 0 Å². The molecule has 0 aromatic heterocycles.